The average Bonchev–Trinajstić information content (AvgIpc) is 3.09. The van der Waals surface area contributed by atoms with Crippen molar-refractivity contribution in [2.75, 3.05) is 23.0 Å². The Morgan fingerprint density at radius 2 is 1.50 bits per heavy atom. The number of hydrogen-bond donors (Lipinski definition) is 2. The zero-order chi connectivity index (χ0) is 21.9. The van der Waals surface area contributed by atoms with Crippen LogP contribution in [-0.4, -0.2) is 82.6 Å². The average molecular weight is 478 g/mol. The van der Waals surface area contributed by atoms with Gasteiger partial charge in [-0.1, -0.05) is 12.1 Å². The van der Waals surface area contributed by atoms with Crippen molar-refractivity contribution >= 4 is 35.6 Å². The molecule has 3 fully saturated rings. The number of hydrogen-bond acceptors (Lipinski definition) is 8. The molecule has 3 saturated heterocycles. The number of carbonyl (C=O) groups is 1. The lowest BCUT2D eigenvalue weighted by molar-refractivity contribution is -0.119. The van der Waals surface area contributed by atoms with Gasteiger partial charge in [0.1, 0.15) is 0 Å². The van der Waals surface area contributed by atoms with Crippen LogP contribution < -0.4 is 10.6 Å². The number of sulfone groups is 2. The lowest BCUT2D eigenvalue weighted by Crippen LogP contribution is -2.67. The molecule has 10 nitrogen and oxygen atoms in total. The largest absolute Gasteiger partial charge is 0.352 e. The molecule has 4 atom stereocenters. The molecule has 2 N–H and O–H groups in total. The van der Waals surface area contributed by atoms with Gasteiger partial charge in [0.05, 0.1) is 40.0 Å². The van der Waals surface area contributed by atoms with Crippen LogP contribution in [0, 0.1) is 0 Å². The summed E-state index contributed by atoms with van der Waals surface area (Å²) in [6.45, 7) is 1.62. The van der Waals surface area contributed by atoms with Gasteiger partial charge in [0.15, 0.2) is 19.7 Å². The van der Waals surface area contributed by atoms with Crippen LogP contribution in [0.1, 0.15) is 12.5 Å². The molecule has 1 amide bonds. The number of piperazine rings is 1. The van der Waals surface area contributed by atoms with Gasteiger partial charge < -0.3 is 10.6 Å². The molecule has 0 aliphatic carbocycles. The van der Waals surface area contributed by atoms with E-state index in [4.69, 9.17) is 0 Å². The van der Waals surface area contributed by atoms with E-state index in [1.807, 2.05) is 0 Å². The van der Waals surface area contributed by atoms with E-state index in [1.165, 1.54) is 19.1 Å². The van der Waals surface area contributed by atoms with Crippen molar-refractivity contribution in [1.29, 1.82) is 0 Å². The van der Waals surface area contributed by atoms with Crippen LogP contribution in [-0.2, 0) is 41.0 Å². The molecule has 3 heterocycles. The maximum Gasteiger partial charge on any atom is 0.243 e. The van der Waals surface area contributed by atoms with Crippen molar-refractivity contribution in [2.24, 2.45) is 0 Å². The lowest BCUT2D eigenvalue weighted by atomic mass is 10.0. The van der Waals surface area contributed by atoms with E-state index >= 15 is 0 Å². The molecular weight excluding hydrogens is 454 g/mol. The minimum Gasteiger partial charge on any atom is -0.352 e. The number of benzene rings is 1. The highest BCUT2D eigenvalue weighted by atomic mass is 32.2. The summed E-state index contributed by atoms with van der Waals surface area (Å²) in [6.07, 6.45) is 0. The number of rotatable bonds is 4. The Balaban J connectivity index is 1.70. The van der Waals surface area contributed by atoms with E-state index in [0.29, 0.717) is 5.56 Å². The van der Waals surface area contributed by atoms with Gasteiger partial charge >= 0.3 is 0 Å². The number of nitrogens with one attached hydrogen (secondary N) is 2. The zero-order valence-electron chi connectivity index (χ0n) is 16.2. The van der Waals surface area contributed by atoms with Crippen LogP contribution >= 0.6 is 0 Å². The molecule has 1 aromatic carbocycles. The molecule has 0 bridgehead atoms. The number of carbonyl (C=O) groups excluding carboxylic acids is 1. The van der Waals surface area contributed by atoms with Crippen molar-refractivity contribution in [3.63, 3.8) is 0 Å². The molecule has 1 aromatic rings. The first-order valence-corrected chi connectivity index (χ1v) is 14.5. The van der Waals surface area contributed by atoms with Gasteiger partial charge in [-0.2, -0.15) is 4.31 Å². The summed E-state index contributed by atoms with van der Waals surface area (Å²) in [6, 6.07) is 2.93. The van der Waals surface area contributed by atoms with E-state index in [0.717, 1.165) is 4.31 Å². The Hall–Kier alpha value is -1.54. The highest BCUT2D eigenvalue weighted by Gasteiger charge is 2.57. The molecule has 0 unspecified atom stereocenters. The van der Waals surface area contributed by atoms with Crippen LogP contribution in [0.5, 0.6) is 0 Å². The first-order chi connectivity index (χ1) is 13.9. The minimum atomic E-state index is -4.14. The van der Waals surface area contributed by atoms with Crippen LogP contribution in [0.25, 0.3) is 0 Å². The topological polar surface area (TPSA) is 147 Å². The lowest BCUT2D eigenvalue weighted by Gasteiger charge is -2.43. The normalized spacial score (nSPS) is 32.3. The second-order valence-corrected chi connectivity index (χ2v) is 14.2. The van der Waals surface area contributed by atoms with Gasteiger partial charge in [-0.15, -0.1) is 0 Å². The highest BCUT2D eigenvalue weighted by Crippen LogP contribution is 2.35. The summed E-state index contributed by atoms with van der Waals surface area (Å²) in [5, 5.41) is 5.70. The molecule has 30 heavy (non-hydrogen) atoms. The fraction of sp³-hybridized carbons (Fsp3) is 0.588. The fourth-order valence-corrected chi connectivity index (χ4v) is 10.4. The van der Waals surface area contributed by atoms with E-state index in [2.05, 4.69) is 10.6 Å². The summed E-state index contributed by atoms with van der Waals surface area (Å²) < 4.78 is 77.0. The van der Waals surface area contributed by atoms with Crippen molar-refractivity contribution in [1.82, 2.24) is 14.9 Å². The first-order valence-electron chi connectivity index (χ1n) is 9.42. The van der Waals surface area contributed by atoms with E-state index in [9.17, 15) is 30.0 Å². The standard InChI is InChI=1S/C17H23N3O7S3/c1-11(21)18-6-12-2-4-13(5-3-12)30(26,27)20-16-9-28(22,23)7-14(16)19-15-8-29(24,25)10-17(15)20/h2-5,14-17,19H,6-10H2,1H3,(H,18,21)/t14-,15-,16-,17+/m0/s1. The number of sulfonamides is 1. The van der Waals surface area contributed by atoms with Crippen LogP contribution in [0.4, 0.5) is 0 Å². The summed E-state index contributed by atoms with van der Waals surface area (Å²) in [4.78, 5) is 11.0. The van der Waals surface area contributed by atoms with Gasteiger partial charge in [0.2, 0.25) is 15.9 Å². The van der Waals surface area contributed by atoms with Gasteiger partial charge in [0, 0.05) is 25.6 Å². The molecule has 0 saturated carbocycles. The van der Waals surface area contributed by atoms with Crippen molar-refractivity contribution in [3.8, 4) is 0 Å². The van der Waals surface area contributed by atoms with Gasteiger partial charge in [0.25, 0.3) is 0 Å². The molecule has 166 valence electrons. The van der Waals surface area contributed by atoms with Crippen molar-refractivity contribution in [2.45, 2.75) is 42.5 Å². The van der Waals surface area contributed by atoms with Gasteiger partial charge in [-0.3, -0.25) is 4.79 Å². The van der Waals surface area contributed by atoms with Crippen LogP contribution in [0.2, 0.25) is 0 Å². The molecule has 13 heteroatoms. The quantitative estimate of drug-likeness (QED) is 0.519. The zero-order valence-corrected chi connectivity index (χ0v) is 18.6. The molecule has 0 radical (unpaired) electrons. The number of nitrogens with zero attached hydrogens (tertiary/aromatic N) is 1. The van der Waals surface area contributed by atoms with E-state index in [1.54, 1.807) is 12.1 Å². The van der Waals surface area contributed by atoms with Gasteiger partial charge in [-0.05, 0) is 17.7 Å². The Kier molecular flexibility index (Phi) is 5.25. The maximum atomic E-state index is 13.5. The Morgan fingerprint density at radius 1 is 1.00 bits per heavy atom. The molecule has 3 aliphatic rings. The predicted octanol–water partition coefficient (Wildman–Crippen LogP) is -1.75. The summed E-state index contributed by atoms with van der Waals surface area (Å²) in [7, 11) is -11.0. The molecule has 0 spiro atoms. The second-order valence-electron chi connectivity index (χ2n) is 8.06. The number of amides is 1. The van der Waals surface area contributed by atoms with Gasteiger partial charge in [-0.25, -0.2) is 25.3 Å². The molecular formula is C17H23N3O7S3. The predicted molar refractivity (Wildman–Crippen MR) is 109 cm³/mol. The summed E-state index contributed by atoms with van der Waals surface area (Å²) in [5.74, 6) is -1.33. The minimum absolute atomic E-state index is 0.0397. The molecule has 0 aromatic heterocycles. The van der Waals surface area contributed by atoms with E-state index < -0.39 is 53.9 Å². The fourth-order valence-electron chi connectivity index (χ4n) is 4.48. The summed E-state index contributed by atoms with van der Waals surface area (Å²) in [5.41, 5.74) is 0.701. The highest BCUT2D eigenvalue weighted by molar-refractivity contribution is 7.92. The first kappa shape index (κ1) is 21.7. The van der Waals surface area contributed by atoms with Crippen molar-refractivity contribution in [3.05, 3.63) is 29.8 Å². The Labute approximate surface area is 175 Å². The van der Waals surface area contributed by atoms with Crippen molar-refractivity contribution < 1.29 is 30.0 Å². The molecule has 3 aliphatic heterocycles. The number of fused-ring (bicyclic) bond motifs is 2. The maximum absolute atomic E-state index is 13.5. The monoisotopic (exact) mass is 477 g/mol. The third kappa shape index (κ3) is 4.00. The third-order valence-electron chi connectivity index (χ3n) is 5.77. The third-order valence-corrected chi connectivity index (χ3v) is 11.2. The Morgan fingerprint density at radius 3 is 1.97 bits per heavy atom. The summed E-state index contributed by atoms with van der Waals surface area (Å²) >= 11 is 0. The van der Waals surface area contributed by atoms with E-state index in [-0.39, 0.29) is 40.4 Å². The van der Waals surface area contributed by atoms with Crippen LogP contribution in [0.3, 0.4) is 0 Å². The smallest absolute Gasteiger partial charge is 0.243 e. The SMILES string of the molecule is CC(=O)NCc1ccc(S(=O)(=O)N2[C@@H]3CS(=O)(=O)C[C@@H]3N[C@H]3CS(=O)(=O)C[C@@H]32)cc1. The molecule has 4 rings (SSSR count). The Bertz CT molecular complexity index is 1130. The second kappa shape index (κ2) is 7.26. The van der Waals surface area contributed by atoms with Crippen LogP contribution in [0.15, 0.2) is 29.2 Å².